The van der Waals surface area contributed by atoms with Gasteiger partial charge in [-0.25, -0.2) is 14.2 Å². The van der Waals surface area contributed by atoms with E-state index in [1.165, 1.54) is 19.4 Å². The normalized spacial score (nSPS) is 15.9. The minimum atomic E-state index is -0.583. The summed E-state index contributed by atoms with van der Waals surface area (Å²) in [7, 11) is 1.39. The van der Waals surface area contributed by atoms with Crippen LogP contribution in [-0.2, 0) is 4.74 Å². The van der Waals surface area contributed by atoms with Crippen molar-refractivity contribution in [1.82, 2.24) is 9.88 Å². The van der Waals surface area contributed by atoms with Crippen LogP contribution in [0, 0.1) is 11.7 Å². The van der Waals surface area contributed by atoms with Crippen LogP contribution in [0.4, 0.5) is 9.18 Å². The Labute approximate surface area is 128 Å². The fourth-order valence-corrected chi connectivity index (χ4v) is 2.46. The summed E-state index contributed by atoms with van der Waals surface area (Å²) in [5.74, 6) is 0.292. The lowest BCUT2D eigenvalue weighted by Gasteiger charge is -2.30. The molecule has 0 N–H and O–H groups in total. The maximum absolute atomic E-state index is 13.2. The average molecular weight is 317 g/mol. The number of pyridine rings is 1. The lowest BCUT2D eigenvalue weighted by Crippen LogP contribution is -2.38. The van der Waals surface area contributed by atoms with E-state index in [1.54, 1.807) is 4.90 Å². The zero-order valence-electron chi connectivity index (χ0n) is 11.8. The van der Waals surface area contributed by atoms with Gasteiger partial charge >= 0.3 is 6.09 Å². The van der Waals surface area contributed by atoms with E-state index >= 15 is 0 Å². The van der Waals surface area contributed by atoms with Gasteiger partial charge in [-0.2, -0.15) is 0 Å². The van der Waals surface area contributed by atoms with E-state index in [2.05, 4.69) is 4.98 Å². The molecule has 116 valence electrons. The van der Waals surface area contributed by atoms with Gasteiger partial charge in [0.05, 0.1) is 19.9 Å². The van der Waals surface area contributed by atoms with Crippen LogP contribution in [0.1, 0.15) is 19.3 Å². The van der Waals surface area contributed by atoms with Crippen LogP contribution in [0.5, 0.6) is 5.75 Å². The summed E-state index contributed by atoms with van der Waals surface area (Å²) in [4.78, 5) is 16.8. The second kappa shape index (κ2) is 7.45. The topological polar surface area (TPSA) is 51.7 Å². The second-order valence-corrected chi connectivity index (χ2v) is 5.34. The maximum Gasteiger partial charge on any atom is 0.409 e. The van der Waals surface area contributed by atoms with Gasteiger partial charge < -0.3 is 14.4 Å². The summed E-state index contributed by atoms with van der Waals surface area (Å²) in [6.45, 7) is 1.90. The van der Waals surface area contributed by atoms with Crippen molar-refractivity contribution < 1.29 is 18.7 Å². The van der Waals surface area contributed by atoms with Gasteiger partial charge in [-0.1, -0.05) is 11.6 Å². The Morgan fingerprint density at radius 1 is 1.52 bits per heavy atom. The van der Waals surface area contributed by atoms with Crippen LogP contribution in [0.3, 0.4) is 0 Å². The SMILES string of the molecule is COC(=O)N1CCC(CCOc2cnc(Cl)c(F)c2)CC1. The number of nitrogens with zero attached hydrogens (tertiary/aromatic N) is 2. The van der Waals surface area contributed by atoms with Gasteiger partial charge in [0.2, 0.25) is 0 Å². The molecule has 1 aliphatic rings. The van der Waals surface area contributed by atoms with Crippen molar-refractivity contribution in [3.8, 4) is 5.75 Å². The molecule has 2 rings (SSSR count). The lowest BCUT2D eigenvalue weighted by atomic mass is 9.94. The molecule has 1 saturated heterocycles. The third-order valence-electron chi connectivity index (χ3n) is 3.61. The summed E-state index contributed by atoms with van der Waals surface area (Å²) in [6.07, 6.45) is 3.84. The van der Waals surface area contributed by atoms with E-state index in [-0.39, 0.29) is 11.2 Å². The first kappa shape index (κ1) is 15.8. The Morgan fingerprint density at radius 2 is 2.24 bits per heavy atom. The highest BCUT2D eigenvalue weighted by Gasteiger charge is 2.22. The van der Waals surface area contributed by atoms with Gasteiger partial charge in [0.1, 0.15) is 5.75 Å². The number of hydrogen-bond donors (Lipinski definition) is 0. The number of methoxy groups -OCH3 is 1. The molecule has 0 saturated carbocycles. The molecule has 0 bridgehead atoms. The Balaban J connectivity index is 1.70. The van der Waals surface area contributed by atoms with Crippen molar-refractivity contribution >= 4 is 17.7 Å². The highest BCUT2D eigenvalue weighted by atomic mass is 35.5. The predicted molar refractivity (Wildman–Crippen MR) is 76.0 cm³/mol. The van der Waals surface area contributed by atoms with Crippen LogP contribution < -0.4 is 4.74 Å². The second-order valence-electron chi connectivity index (χ2n) is 4.98. The quantitative estimate of drug-likeness (QED) is 0.801. The third-order valence-corrected chi connectivity index (χ3v) is 3.89. The average Bonchev–Trinajstić information content (AvgIpc) is 2.51. The molecule has 1 aromatic rings. The van der Waals surface area contributed by atoms with Gasteiger partial charge in [0, 0.05) is 19.2 Å². The van der Waals surface area contributed by atoms with Crippen LogP contribution in [0.25, 0.3) is 0 Å². The summed E-state index contributed by atoms with van der Waals surface area (Å²) in [6, 6.07) is 1.23. The summed E-state index contributed by atoms with van der Waals surface area (Å²) in [5.41, 5.74) is 0. The van der Waals surface area contributed by atoms with Crippen LogP contribution in [0.15, 0.2) is 12.3 Å². The molecule has 0 atom stereocenters. The smallest absolute Gasteiger partial charge is 0.409 e. The molecule has 1 aliphatic heterocycles. The minimum Gasteiger partial charge on any atom is -0.492 e. The molecule has 7 heteroatoms. The van der Waals surface area contributed by atoms with E-state index in [1.807, 2.05) is 0 Å². The highest BCUT2D eigenvalue weighted by molar-refractivity contribution is 6.29. The highest BCUT2D eigenvalue weighted by Crippen LogP contribution is 2.22. The van der Waals surface area contributed by atoms with Crippen LogP contribution >= 0.6 is 11.6 Å². The third kappa shape index (κ3) is 4.46. The van der Waals surface area contributed by atoms with E-state index in [0.717, 1.165) is 19.3 Å². The van der Waals surface area contributed by atoms with E-state index < -0.39 is 5.82 Å². The van der Waals surface area contributed by atoms with Crippen molar-refractivity contribution in [3.05, 3.63) is 23.2 Å². The Kier molecular flexibility index (Phi) is 5.61. The van der Waals surface area contributed by atoms with Crippen molar-refractivity contribution in [1.29, 1.82) is 0 Å². The zero-order valence-corrected chi connectivity index (χ0v) is 12.6. The monoisotopic (exact) mass is 316 g/mol. The summed E-state index contributed by atoms with van der Waals surface area (Å²) >= 11 is 5.50. The minimum absolute atomic E-state index is 0.155. The van der Waals surface area contributed by atoms with Crippen molar-refractivity contribution in [2.75, 3.05) is 26.8 Å². The molecule has 0 aliphatic carbocycles. The molecular weight excluding hydrogens is 299 g/mol. The predicted octanol–water partition coefficient (Wildman–Crippen LogP) is 3.12. The number of carbonyl (C=O) groups is 1. The number of piperidine rings is 1. The Hall–Kier alpha value is -1.56. The number of hydrogen-bond acceptors (Lipinski definition) is 4. The number of rotatable bonds is 4. The number of likely N-dealkylation sites (tertiary alicyclic amines) is 1. The van der Waals surface area contributed by atoms with Gasteiger partial charge in [-0.15, -0.1) is 0 Å². The van der Waals surface area contributed by atoms with E-state index in [9.17, 15) is 9.18 Å². The molecule has 1 amide bonds. The molecule has 0 unspecified atom stereocenters. The number of halogens is 2. The van der Waals surface area contributed by atoms with E-state index in [0.29, 0.717) is 31.4 Å². The fourth-order valence-electron chi connectivity index (χ4n) is 2.36. The van der Waals surface area contributed by atoms with Crippen molar-refractivity contribution in [2.24, 2.45) is 5.92 Å². The first-order valence-electron chi connectivity index (χ1n) is 6.87. The van der Waals surface area contributed by atoms with Gasteiger partial charge in [0.15, 0.2) is 11.0 Å². The molecule has 0 spiro atoms. The number of carbonyl (C=O) groups excluding carboxylic acids is 1. The van der Waals surface area contributed by atoms with E-state index in [4.69, 9.17) is 21.1 Å². The molecular formula is C14H18ClFN2O3. The molecule has 1 fully saturated rings. The molecule has 1 aromatic heterocycles. The summed E-state index contributed by atoms with van der Waals surface area (Å²) in [5, 5.41) is -0.155. The van der Waals surface area contributed by atoms with Crippen LogP contribution in [-0.4, -0.2) is 42.8 Å². The number of ether oxygens (including phenoxy) is 2. The fraction of sp³-hybridized carbons (Fsp3) is 0.571. The van der Waals surface area contributed by atoms with Gasteiger partial charge in [0.25, 0.3) is 0 Å². The number of amides is 1. The molecule has 2 heterocycles. The van der Waals surface area contributed by atoms with Gasteiger partial charge in [-0.05, 0) is 25.2 Å². The standard InChI is InChI=1S/C14H18ClFN2O3/c1-20-14(19)18-5-2-10(3-6-18)4-7-21-11-8-12(16)13(15)17-9-11/h8-10H,2-7H2,1H3. The largest absolute Gasteiger partial charge is 0.492 e. The molecule has 5 nitrogen and oxygen atoms in total. The first-order chi connectivity index (χ1) is 10.1. The van der Waals surface area contributed by atoms with Crippen LogP contribution in [0.2, 0.25) is 5.15 Å². The zero-order chi connectivity index (χ0) is 15.2. The first-order valence-corrected chi connectivity index (χ1v) is 7.24. The van der Waals surface area contributed by atoms with Crippen molar-refractivity contribution in [2.45, 2.75) is 19.3 Å². The molecule has 21 heavy (non-hydrogen) atoms. The summed E-state index contributed by atoms with van der Waals surface area (Å²) < 4.78 is 23.4. The number of aromatic nitrogens is 1. The molecule has 0 aromatic carbocycles. The Morgan fingerprint density at radius 3 is 2.86 bits per heavy atom. The Bertz CT molecular complexity index is 493. The molecule has 0 radical (unpaired) electrons. The maximum atomic E-state index is 13.2. The lowest BCUT2D eigenvalue weighted by molar-refractivity contribution is 0.102. The van der Waals surface area contributed by atoms with Crippen molar-refractivity contribution in [3.63, 3.8) is 0 Å². The van der Waals surface area contributed by atoms with Gasteiger partial charge in [-0.3, -0.25) is 0 Å².